The Labute approximate surface area is 112 Å². The summed E-state index contributed by atoms with van der Waals surface area (Å²) in [5, 5.41) is 0. The fourth-order valence-corrected chi connectivity index (χ4v) is 2.43. The molecule has 1 rings (SSSR count). The summed E-state index contributed by atoms with van der Waals surface area (Å²) in [4.78, 5) is 13.6. The van der Waals surface area contributed by atoms with Crippen molar-refractivity contribution in [1.29, 1.82) is 0 Å². The molecule has 18 heavy (non-hydrogen) atoms. The average Bonchev–Trinajstić information content (AvgIpc) is 2.37. The Hall–Kier alpha value is -0.570. The fourth-order valence-electron chi connectivity index (χ4n) is 2.43. The highest BCUT2D eigenvalue weighted by atomic mass is 16.5. The maximum atomic E-state index is 11.8. The van der Waals surface area contributed by atoms with Crippen molar-refractivity contribution in [2.24, 2.45) is 0 Å². The van der Waals surface area contributed by atoms with Crippen molar-refractivity contribution in [3.05, 3.63) is 0 Å². The normalized spacial score (nSPS) is 20.4. The van der Waals surface area contributed by atoms with Crippen LogP contribution in [0.25, 0.3) is 0 Å². The monoisotopic (exact) mass is 255 g/mol. The molecule has 0 aromatic heterocycles. The van der Waals surface area contributed by atoms with E-state index in [1.54, 1.807) is 4.90 Å². The molecule has 0 aromatic rings. The molecule has 1 atom stereocenters. The molecule has 0 N–H and O–H groups in total. The number of carbonyl (C=O) groups is 1. The van der Waals surface area contributed by atoms with Gasteiger partial charge in [-0.15, -0.1) is 0 Å². The average molecular weight is 255 g/mol. The summed E-state index contributed by atoms with van der Waals surface area (Å²) in [7, 11) is 1.87. The van der Waals surface area contributed by atoms with E-state index in [9.17, 15) is 4.79 Å². The summed E-state index contributed by atoms with van der Waals surface area (Å²) in [6.45, 7) is 3.69. The van der Waals surface area contributed by atoms with E-state index in [4.69, 9.17) is 4.74 Å². The molecular weight excluding hydrogens is 226 g/mol. The number of rotatable bonds is 9. The first-order chi connectivity index (χ1) is 8.75. The molecule has 0 aromatic carbocycles. The third-order valence-electron chi connectivity index (χ3n) is 3.72. The van der Waals surface area contributed by atoms with Crippen LogP contribution < -0.4 is 0 Å². The van der Waals surface area contributed by atoms with E-state index >= 15 is 0 Å². The minimum Gasteiger partial charge on any atom is -0.367 e. The van der Waals surface area contributed by atoms with Crippen LogP contribution in [-0.2, 0) is 9.53 Å². The van der Waals surface area contributed by atoms with Crippen LogP contribution in [-0.4, -0.2) is 37.1 Å². The Morgan fingerprint density at radius 2 is 1.72 bits per heavy atom. The predicted molar refractivity (Wildman–Crippen MR) is 74.6 cm³/mol. The number of likely N-dealkylation sites (N-methyl/N-ethyl adjacent to an activating group) is 1. The van der Waals surface area contributed by atoms with E-state index in [-0.39, 0.29) is 12.0 Å². The van der Waals surface area contributed by atoms with Crippen LogP contribution in [0.2, 0.25) is 0 Å². The van der Waals surface area contributed by atoms with Crippen molar-refractivity contribution in [3.63, 3.8) is 0 Å². The van der Waals surface area contributed by atoms with Crippen LogP contribution in [0.3, 0.4) is 0 Å². The number of carbonyl (C=O) groups excluding carboxylic acids is 1. The number of hydrogen-bond donors (Lipinski definition) is 0. The number of nitrogens with zero attached hydrogens (tertiary/aromatic N) is 1. The highest BCUT2D eigenvalue weighted by molar-refractivity contribution is 5.81. The Morgan fingerprint density at radius 3 is 2.39 bits per heavy atom. The Kier molecular flexibility index (Phi) is 8.06. The van der Waals surface area contributed by atoms with Gasteiger partial charge in [0.25, 0.3) is 5.91 Å². The quantitative estimate of drug-likeness (QED) is 0.591. The molecule has 1 heterocycles. The Balaban J connectivity index is 1.95. The van der Waals surface area contributed by atoms with Gasteiger partial charge in [0.05, 0.1) is 6.61 Å². The molecule has 0 radical (unpaired) electrons. The van der Waals surface area contributed by atoms with Gasteiger partial charge in [-0.25, -0.2) is 0 Å². The van der Waals surface area contributed by atoms with Crippen LogP contribution in [0.4, 0.5) is 0 Å². The van der Waals surface area contributed by atoms with E-state index in [0.717, 1.165) is 19.4 Å². The van der Waals surface area contributed by atoms with Gasteiger partial charge in [-0.3, -0.25) is 4.79 Å². The standard InChI is InChI=1S/C15H29NO2/c1-3-4-5-6-7-8-9-10-11-14-15(17)16(2)12-13-18-14/h14H,3-13H2,1-2H3. The Morgan fingerprint density at radius 1 is 1.11 bits per heavy atom. The van der Waals surface area contributed by atoms with Crippen molar-refractivity contribution < 1.29 is 9.53 Å². The number of ether oxygens (including phenoxy) is 1. The van der Waals surface area contributed by atoms with Crippen LogP contribution in [0.5, 0.6) is 0 Å². The SMILES string of the molecule is CCCCCCCCCCC1OCCN(C)C1=O. The van der Waals surface area contributed by atoms with Gasteiger partial charge in [-0.2, -0.15) is 0 Å². The lowest BCUT2D eigenvalue weighted by Gasteiger charge is -2.29. The summed E-state index contributed by atoms with van der Waals surface area (Å²) < 4.78 is 5.53. The van der Waals surface area contributed by atoms with Crippen molar-refractivity contribution >= 4 is 5.91 Å². The highest BCUT2D eigenvalue weighted by Gasteiger charge is 2.26. The third-order valence-corrected chi connectivity index (χ3v) is 3.72. The Bertz CT molecular complexity index is 231. The van der Waals surface area contributed by atoms with E-state index in [0.29, 0.717) is 6.61 Å². The highest BCUT2D eigenvalue weighted by Crippen LogP contribution is 2.15. The second-order valence-corrected chi connectivity index (χ2v) is 5.38. The van der Waals surface area contributed by atoms with E-state index in [2.05, 4.69) is 6.92 Å². The number of hydrogen-bond acceptors (Lipinski definition) is 2. The molecule has 0 aliphatic carbocycles. The van der Waals surface area contributed by atoms with Crippen LogP contribution in [0.1, 0.15) is 64.7 Å². The van der Waals surface area contributed by atoms with Gasteiger partial charge in [-0.05, 0) is 6.42 Å². The lowest BCUT2D eigenvalue weighted by Crippen LogP contribution is -2.45. The van der Waals surface area contributed by atoms with Gasteiger partial charge in [0.15, 0.2) is 0 Å². The molecule has 3 nitrogen and oxygen atoms in total. The van der Waals surface area contributed by atoms with Crippen LogP contribution in [0.15, 0.2) is 0 Å². The minimum atomic E-state index is -0.163. The molecule has 1 saturated heterocycles. The van der Waals surface area contributed by atoms with Crippen molar-refractivity contribution in [1.82, 2.24) is 4.90 Å². The molecule has 106 valence electrons. The molecule has 1 unspecified atom stereocenters. The summed E-state index contributed by atoms with van der Waals surface area (Å²) in [5.74, 6) is 0.171. The van der Waals surface area contributed by atoms with Gasteiger partial charge in [0.1, 0.15) is 6.10 Å². The van der Waals surface area contributed by atoms with Gasteiger partial charge < -0.3 is 9.64 Å². The molecular formula is C15H29NO2. The second-order valence-electron chi connectivity index (χ2n) is 5.38. The molecule has 0 saturated carbocycles. The second kappa shape index (κ2) is 9.37. The first-order valence-electron chi connectivity index (χ1n) is 7.62. The van der Waals surface area contributed by atoms with Gasteiger partial charge in [-0.1, -0.05) is 58.3 Å². The van der Waals surface area contributed by atoms with Gasteiger partial charge in [0.2, 0.25) is 0 Å². The van der Waals surface area contributed by atoms with Crippen LogP contribution in [0, 0.1) is 0 Å². The maximum Gasteiger partial charge on any atom is 0.251 e. The molecule has 0 spiro atoms. The third kappa shape index (κ3) is 5.85. The van der Waals surface area contributed by atoms with Crippen molar-refractivity contribution in [2.75, 3.05) is 20.2 Å². The summed E-state index contributed by atoms with van der Waals surface area (Å²) >= 11 is 0. The maximum absolute atomic E-state index is 11.8. The number of amides is 1. The predicted octanol–water partition coefficient (Wildman–Crippen LogP) is 3.37. The lowest BCUT2D eigenvalue weighted by atomic mass is 10.0. The molecule has 0 bridgehead atoms. The number of unbranched alkanes of at least 4 members (excludes halogenated alkanes) is 7. The minimum absolute atomic E-state index is 0.163. The van der Waals surface area contributed by atoms with Gasteiger partial charge >= 0.3 is 0 Å². The van der Waals surface area contributed by atoms with E-state index in [1.807, 2.05) is 7.05 Å². The zero-order valence-corrected chi connectivity index (χ0v) is 12.1. The lowest BCUT2D eigenvalue weighted by molar-refractivity contribution is -0.151. The smallest absolute Gasteiger partial charge is 0.251 e. The first-order valence-corrected chi connectivity index (χ1v) is 7.62. The molecule has 1 aliphatic rings. The fraction of sp³-hybridized carbons (Fsp3) is 0.933. The molecule has 1 amide bonds. The van der Waals surface area contributed by atoms with Gasteiger partial charge in [0, 0.05) is 13.6 Å². The molecule has 3 heteroatoms. The molecule has 1 fully saturated rings. The largest absolute Gasteiger partial charge is 0.367 e. The first kappa shape index (κ1) is 15.5. The van der Waals surface area contributed by atoms with Crippen molar-refractivity contribution in [3.8, 4) is 0 Å². The van der Waals surface area contributed by atoms with Crippen LogP contribution >= 0.6 is 0 Å². The zero-order valence-electron chi connectivity index (χ0n) is 12.1. The van der Waals surface area contributed by atoms with Crippen molar-refractivity contribution in [2.45, 2.75) is 70.8 Å². The topological polar surface area (TPSA) is 29.5 Å². The zero-order chi connectivity index (χ0) is 13.2. The summed E-state index contributed by atoms with van der Waals surface area (Å²) in [6.07, 6.45) is 11.2. The van der Waals surface area contributed by atoms with E-state index in [1.165, 1.54) is 44.9 Å². The number of morpholine rings is 1. The summed E-state index contributed by atoms with van der Waals surface area (Å²) in [5.41, 5.74) is 0. The summed E-state index contributed by atoms with van der Waals surface area (Å²) in [6, 6.07) is 0. The van der Waals surface area contributed by atoms with E-state index < -0.39 is 0 Å². The molecule has 1 aliphatic heterocycles.